The summed E-state index contributed by atoms with van der Waals surface area (Å²) in [5.41, 5.74) is 0.0601. The van der Waals surface area contributed by atoms with E-state index >= 15 is 0 Å². The van der Waals surface area contributed by atoms with Crippen molar-refractivity contribution in [2.45, 2.75) is 25.9 Å². The Morgan fingerprint density at radius 2 is 2.00 bits per heavy atom. The molecule has 0 aromatic carbocycles. The van der Waals surface area contributed by atoms with Crippen LogP contribution in [-0.4, -0.2) is 18.9 Å². The van der Waals surface area contributed by atoms with Gasteiger partial charge < -0.3 is 9.05 Å². The zero-order valence-corrected chi connectivity index (χ0v) is 9.13. The molecule has 2 atom stereocenters. The first-order valence-electron chi connectivity index (χ1n) is 4.69. The fourth-order valence-corrected chi connectivity index (χ4v) is 3.68. The monoisotopic (exact) mass is 204 g/mol. The van der Waals surface area contributed by atoms with Crippen molar-refractivity contribution in [3.05, 3.63) is 12.7 Å². The first-order valence-corrected chi connectivity index (χ1v) is 6.30. The van der Waals surface area contributed by atoms with Crippen LogP contribution < -0.4 is 0 Å². The predicted molar refractivity (Wildman–Crippen MR) is 53.0 cm³/mol. The highest BCUT2D eigenvalue weighted by molar-refractivity contribution is 7.55. The second-order valence-electron chi connectivity index (χ2n) is 3.08. The summed E-state index contributed by atoms with van der Waals surface area (Å²) in [4.78, 5) is 0. The minimum Gasteiger partial charge on any atom is -0.309 e. The topological polar surface area (TPSA) is 35.5 Å². The maximum atomic E-state index is 12.1. The van der Waals surface area contributed by atoms with E-state index in [1.807, 2.05) is 19.9 Å². The summed E-state index contributed by atoms with van der Waals surface area (Å²) in [7, 11) is -2.82. The zero-order valence-electron chi connectivity index (χ0n) is 8.23. The van der Waals surface area contributed by atoms with Crippen molar-refractivity contribution in [1.82, 2.24) is 0 Å². The summed E-state index contributed by atoms with van der Waals surface area (Å²) >= 11 is 0. The number of allylic oxidation sites excluding steroid dienone is 1. The van der Waals surface area contributed by atoms with Crippen molar-refractivity contribution in [3.63, 3.8) is 0 Å². The molecule has 0 N–H and O–H groups in total. The second-order valence-corrected chi connectivity index (χ2v) is 5.34. The van der Waals surface area contributed by atoms with Gasteiger partial charge in [0, 0.05) is 0 Å². The normalized spacial score (nSPS) is 27.2. The van der Waals surface area contributed by atoms with E-state index in [9.17, 15) is 4.57 Å². The smallest absolute Gasteiger partial charge is 0.309 e. The molecule has 1 aliphatic rings. The molecule has 0 bridgehead atoms. The van der Waals surface area contributed by atoms with Gasteiger partial charge in [-0.15, -0.1) is 6.58 Å². The van der Waals surface area contributed by atoms with Gasteiger partial charge in [-0.3, -0.25) is 4.57 Å². The van der Waals surface area contributed by atoms with E-state index in [1.165, 1.54) is 0 Å². The summed E-state index contributed by atoms with van der Waals surface area (Å²) in [6.45, 7) is 8.22. The van der Waals surface area contributed by atoms with Crippen LogP contribution in [0.4, 0.5) is 0 Å². The molecule has 0 aromatic heterocycles. The van der Waals surface area contributed by atoms with Crippen LogP contribution in [0.5, 0.6) is 0 Å². The molecule has 1 saturated carbocycles. The van der Waals surface area contributed by atoms with Crippen molar-refractivity contribution >= 4 is 7.60 Å². The van der Waals surface area contributed by atoms with E-state index in [1.54, 1.807) is 0 Å². The molecule has 76 valence electrons. The zero-order chi connectivity index (χ0) is 9.90. The Kier molecular flexibility index (Phi) is 3.72. The molecule has 13 heavy (non-hydrogen) atoms. The molecule has 0 aromatic rings. The van der Waals surface area contributed by atoms with E-state index in [0.29, 0.717) is 19.1 Å². The molecular formula is C9H17O3P. The second kappa shape index (κ2) is 4.41. The summed E-state index contributed by atoms with van der Waals surface area (Å²) in [6, 6.07) is 0. The molecule has 0 heterocycles. The van der Waals surface area contributed by atoms with Gasteiger partial charge in [0.1, 0.15) is 0 Å². The van der Waals surface area contributed by atoms with Crippen molar-refractivity contribution in [2.24, 2.45) is 5.92 Å². The Morgan fingerprint density at radius 3 is 2.31 bits per heavy atom. The molecule has 0 saturated heterocycles. The molecule has 1 aliphatic carbocycles. The molecule has 4 heteroatoms. The van der Waals surface area contributed by atoms with Crippen molar-refractivity contribution < 1.29 is 13.6 Å². The van der Waals surface area contributed by atoms with Gasteiger partial charge >= 0.3 is 7.60 Å². The third kappa shape index (κ3) is 2.43. The van der Waals surface area contributed by atoms with E-state index in [4.69, 9.17) is 9.05 Å². The van der Waals surface area contributed by atoms with Crippen LogP contribution in [0.1, 0.15) is 20.3 Å². The maximum Gasteiger partial charge on any atom is 0.334 e. The van der Waals surface area contributed by atoms with Crippen LogP contribution in [0.15, 0.2) is 12.7 Å². The molecule has 1 fully saturated rings. The maximum absolute atomic E-state index is 12.1. The van der Waals surface area contributed by atoms with E-state index < -0.39 is 7.60 Å². The average Bonchev–Trinajstić information content (AvgIpc) is 2.84. The van der Waals surface area contributed by atoms with Gasteiger partial charge in [0.15, 0.2) is 0 Å². The SMILES string of the molecule is C=C[C@@H]1C[C@@H]1P(=O)(OCC)OCC. The quantitative estimate of drug-likeness (QED) is 0.493. The molecule has 0 radical (unpaired) electrons. The minimum atomic E-state index is -2.82. The molecule has 3 nitrogen and oxygen atoms in total. The van der Waals surface area contributed by atoms with Gasteiger partial charge in [-0.1, -0.05) is 6.08 Å². The van der Waals surface area contributed by atoms with Gasteiger partial charge in [-0.25, -0.2) is 0 Å². The van der Waals surface area contributed by atoms with E-state index in [-0.39, 0.29) is 5.66 Å². The van der Waals surface area contributed by atoms with E-state index in [0.717, 1.165) is 6.42 Å². The van der Waals surface area contributed by atoms with Crippen LogP contribution in [0.25, 0.3) is 0 Å². The van der Waals surface area contributed by atoms with Crippen LogP contribution in [0.2, 0.25) is 0 Å². The average molecular weight is 204 g/mol. The van der Waals surface area contributed by atoms with Crippen molar-refractivity contribution in [1.29, 1.82) is 0 Å². The van der Waals surface area contributed by atoms with Gasteiger partial charge in [0.2, 0.25) is 0 Å². The summed E-state index contributed by atoms with van der Waals surface area (Å²) in [6.07, 6.45) is 2.72. The molecule has 0 aliphatic heterocycles. The van der Waals surface area contributed by atoms with Crippen LogP contribution >= 0.6 is 7.60 Å². The Labute approximate surface area is 79.7 Å². The lowest BCUT2D eigenvalue weighted by Crippen LogP contribution is -2.01. The van der Waals surface area contributed by atoms with Crippen molar-refractivity contribution in [2.75, 3.05) is 13.2 Å². The summed E-state index contributed by atoms with van der Waals surface area (Å²) < 4.78 is 22.5. The molecule has 0 spiro atoms. The van der Waals surface area contributed by atoms with Gasteiger partial charge in [-0.2, -0.15) is 0 Å². The number of hydrogen-bond donors (Lipinski definition) is 0. The number of rotatable bonds is 6. The minimum absolute atomic E-state index is 0.0601. The first-order chi connectivity index (χ1) is 6.18. The third-order valence-electron chi connectivity index (χ3n) is 2.13. The van der Waals surface area contributed by atoms with E-state index in [2.05, 4.69) is 6.58 Å². The molecule has 1 rings (SSSR count). The van der Waals surface area contributed by atoms with Gasteiger partial charge in [0.05, 0.1) is 18.9 Å². The van der Waals surface area contributed by atoms with Crippen LogP contribution in [0.3, 0.4) is 0 Å². The summed E-state index contributed by atoms with van der Waals surface area (Å²) in [5, 5.41) is 0. The largest absolute Gasteiger partial charge is 0.334 e. The standard InChI is InChI=1S/C9H17O3P/c1-4-8-7-9(8)13(10,11-5-2)12-6-3/h4,8-9H,1,5-7H2,2-3H3/t8-,9+/m1/s1. The number of hydrogen-bond acceptors (Lipinski definition) is 3. The highest BCUT2D eigenvalue weighted by Gasteiger charge is 2.51. The third-order valence-corrected chi connectivity index (χ3v) is 4.77. The first kappa shape index (κ1) is 11.0. The highest BCUT2D eigenvalue weighted by atomic mass is 31.2. The van der Waals surface area contributed by atoms with Crippen molar-refractivity contribution in [3.8, 4) is 0 Å². The Bertz CT molecular complexity index is 217. The van der Waals surface area contributed by atoms with Crippen LogP contribution in [-0.2, 0) is 13.6 Å². The molecule has 0 amide bonds. The fraction of sp³-hybridized carbons (Fsp3) is 0.778. The van der Waals surface area contributed by atoms with Gasteiger partial charge in [0.25, 0.3) is 0 Å². The summed E-state index contributed by atoms with van der Waals surface area (Å²) in [5.74, 6) is 0.323. The fourth-order valence-electron chi connectivity index (χ4n) is 1.41. The Morgan fingerprint density at radius 1 is 1.46 bits per heavy atom. The lowest BCUT2D eigenvalue weighted by Gasteiger charge is -2.16. The molecule has 0 unspecified atom stereocenters. The molecular weight excluding hydrogens is 187 g/mol. The predicted octanol–water partition coefficient (Wildman–Crippen LogP) is 2.83. The Balaban J connectivity index is 2.57. The van der Waals surface area contributed by atoms with Crippen LogP contribution in [0, 0.1) is 5.92 Å². The van der Waals surface area contributed by atoms with Gasteiger partial charge in [-0.05, 0) is 26.2 Å². The highest BCUT2D eigenvalue weighted by Crippen LogP contribution is 2.65. The Hall–Kier alpha value is -0.110. The lowest BCUT2D eigenvalue weighted by molar-refractivity contribution is 0.218. The lowest BCUT2D eigenvalue weighted by atomic mass is 10.4.